The highest BCUT2D eigenvalue weighted by Crippen LogP contribution is 2.22. The number of anilines is 1. The van der Waals surface area contributed by atoms with Crippen molar-refractivity contribution >= 4 is 11.8 Å². The van der Waals surface area contributed by atoms with Crippen LogP contribution in [0.3, 0.4) is 0 Å². The van der Waals surface area contributed by atoms with Gasteiger partial charge in [-0.1, -0.05) is 0 Å². The molecule has 1 saturated heterocycles. The lowest BCUT2D eigenvalue weighted by molar-refractivity contribution is 0.0689. The lowest BCUT2D eigenvalue weighted by Gasteiger charge is -2.28. The summed E-state index contributed by atoms with van der Waals surface area (Å²) in [6, 6.07) is 0. The molecule has 0 atom stereocenters. The van der Waals surface area contributed by atoms with Gasteiger partial charge in [0.15, 0.2) is 5.69 Å². The van der Waals surface area contributed by atoms with Gasteiger partial charge < -0.3 is 10.0 Å². The standard InChI is InChI=1S/C11H15N3O2/c1-8-9(11(15)16)12-7-13-10(8)14-5-3-2-4-6-14/h7H,2-6H2,1H3,(H,15,16). The van der Waals surface area contributed by atoms with Crippen molar-refractivity contribution in [3.63, 3.8) is 0 Å². The van der Waals surface area contributed by atoms with Crippen LogP contribution in [-0.2, 0) is 0 Å². The number of nitrogens with zero attached hydrogens (tertiary/aromatic N) is 3. The summed E-state index contributed by atoms with van der Waals surface area (Å²) < 4.78 is 0. The van der Waals surface area contributed by atoms with Gasteiger partial charge >= 0.3 is 5.97 Å². The Bertz CT molecular complexity index is 400. The SMILES string of the molecule is Cc1c(C(=O)O)ncnc1N1CCCCC1. The molecule has 16 heavy (non-hydrogen) atoms. The Morgan fingerprint density at radius 3 is 2.62 bits per heavy atom. The van der Waals surface area contributed by atoms with Gasteiger partial charge in [0.2, 0.25) is 0 Å². The first-order chi connectivity index (χ1) is 7.70. The first-order valence-electron chi connectivity index (χ1n) is 5.50. The van der Waals surface area contributed by atoms with Crippen molar-refractivity contribution in [3.05, 3.63) is 17.6 Å². The predicted molar refractivity (Wildman–Crippen MR) is 59.8 cm³/mol. The minimum Gasteiger partial charge on any atom is -0.476 e. The van der Waals surface area contributed by atoms with Crippen molar-refractivity contribution in [3.8, 4) is 0 Å². The van der Waals surface area contributed by atoms with Crippen molar-refractivity contribution in [2.24, 2.45) is 0 Å². The van der Waals surface area contributed by atoms with Gasteiger partial charge in [0.1, 0.15) is 12.1 Å². The number of carbonyl (C=O) groups is 1. The molecule has 0 saturated carbocycles. The molecule has 1 aliphatic heterocycles. The number of rotatable bonds is 2. The maximum absolute atomic E-state index is 10.9. The first-order valence-corrected chi connectivity index (χ1v) is 5.50. The lowest BCUT2D eigenvalue weighted by atomic mass is 10.1. The molecule has 1 aromatic rings. The molecular formula is C11H15N3O2. The second-order valence-corrected chi connectivity index (χ2v) is 4.02. The number of piperidine rings is 1. The maximum Gasteiger partial charge on any atom is 0.354 e. The Balaban J connectivity index is 2.33. The predicted octanol–water partition coefficient (Wildman–Crippen LogP) is 1.47. The number of aromatic carboxylic acids is 1. The van der Waals surface area contributed by atoms with Gasteiger partial charge in [-0.25, -0.2) is 14.8 Å². The molecule has 0 amide bonds. The Hall–Kier alpha value is -1.65. The molecule has 5 nitrogen and oxygen atoms in total. The highest BCUT2D eigenvalue weighted by molar-refractivity contribution is 5.88. The maximum atomic E-state index is 10.9. The normalized spacial score (nSPS) is 16.2. The van der Waals surface area contributed by atoms with Gasteiger partial charge in [-0.15, -0.1) is 0 Å². The van der Waals surface area contributed by atoms with Crippen LogP contribution in [0.25, 0.3) is 0 Å². The zero-order chi connectivity index (χ0) is 11.5. The molecule has 0 bridgehead atoms. The number of aromatic nitrogens is 2. The summed E-state index contributed by atoms with van der Waals surface area (Å²) >= 11 is 0. The minimum absolute atomic E-state index is 0.107. The molecule has 1 fully saturated rings. The minimum atomic E-state index is -0.988. The van der Waals surface area contributed by atoms with E-state index in [0.717, 1.165) is 31.7 Å². The Morgan fingerprint density at radius 2 is 2.00 bits per heavy atom. The average Bonchev–Trinajstić information content (AvgIpc) is 2.30. The van der Waals surface area contributed by atoms with E-state index < -0.39 is 5.97 Å². The van der Waals surface area contributed by atoms with E-state index in [9.17, 15) is 4.79 Å². The van der Waals surface area contributed by atoms with Gasteiger partial charge in [-0.2, -0.15) is 0 Å². The molecule has 0 spiro atoms. The van der Waals surface area contributed by atoms with E-state index in [-0.39, 0.29) is 5.69 Å². The molecule has 86 valence electrons. The molecule has 5 heteroatoms. The molecule has 0 aromatic carbocycles. The highest BCUT2D eigenvalue weighted by atomic mass is 16.4. The summed E-state index contributed by atoms with van der Waals surface area (Å²) in [5.74, 6) is -0.217. The van der Waals surface area contributed by atoms with Gasteiger partial charge in [0, 0.05) is 18.7 Å². The van der Waals surface area contributed by atoms with Crippen LogP contribution in [0.2, 0.25) is 0 Å². The molecule has 0 unspecified atom stereocenters. The smallest absolute Gasteiger partial charge is 0.354 e. The fourth-order valence-electron chi connectivity index (χ4n) is 2.08. The van der Waals surface area contributed by atoms with Gasteiger partial charge in [-0.05, 0) is 26.2 Å². The first kappa shape index (κ1) is 10.9. The fourth-order valence-corrected chi connectivity index (χ4v) is 2.08. The van der Waals surface area contributed by atoms with Crippen LogP contribution >= 0.6 is 0 Å². The number of carboxylic acids is 1. The van der Waals surface area contributed by atoms with Crippen molar-refractivity contribution < 1.29 is 9.90 Å². The molecule has 2 rings (SSSR count). The monoisotopic (exact) mass is 221 g/mol. The van der Waals surface area contributed by atoms with E-state index in [1.807, 2.05) is 0 Å². The third kappa shape index (κ3) is 1.98. The van der Waals surface area contributed by atoms with Crippen LogP contribution in [0.1, 0.15) is 35.3 Å². The highest BCUT2D eigenvalue weighted by Gasteiger charge is 2.19. The van der Waals surface area contributed by atoms with Gasteiger partial charge in [0.05, 0.1) is 0 Å². The summed E-state index contributed by atoms with van der Waals surface area (Å²) in [5.41, 5.74) is 0.771. The van der Waals surface area contributed by atoms with Crippen molar-refractivity contribution in [2.45, 2.75) is 26.2 Å². The quantitative estimate of drug-likeness (QED) is 0.819. The van der Waals surface area contributed by atoms with E-state index in [2.05, 4.69) is 14.9 Å². The van der Waals surface area contributed by atoms with E-state index >= 15 is 0 Å². The summed E-state index contributed by atoms with van der Waals surface area (Å²) in [7, 11) is 0. The van der Waals surface area contributed by atoms with Crippen LogP contribution in [0, 0.1) is 6.92 Å². The molecule has 2 heterocycles. The van der Waals surface area contributed by atoms with Crippen molar-refractivity contribution in [1.29, 1.82) is 0 Å². The molecule has 0 aliphatic carbocycles. The summed E-state index contributed by atoms with van der Waals surface area (Å²) in [4.78, 5) is 21.1. The Morgan fingerprint density at radius 1 is 1.31 bits per heavy atom. The molecule has 1 aliphatic rings. The van der Waals surface area contributed by atoms with Crippen LogP contribution in [0.5, 0.6) is 0 Å². The van der Waals surface area contributed by atoms with Crippen molar-refractivity contribution in [1.82, 2.24) is 9.97 Å². The summed E-state index contributed by atoms with van der Waals surface area (Å²) in [5, 5.41) is 8.98. The number of hydrogen-bond donors (Lipinski definition) is 1. The zero-order valence-electron chi connectivity index (χ0n) is 9.31. The fraction of sp³-hybridized carbons (Fsp3) is 0.545. The molecule has 1 aromatic heterocycles. The number of hydrogen-bond acceptors (Lipinski definition) is 4. The van der Waals surface area contributed by atoms with E-state index in [0.29, 0.717) is 5.56 Å². The van der Waals surface area contributed by atoms with Crippen molar-refractivity contribution in [2.75, 3.05) is 18.0 Å². The lowest BCUT2D eigenvalue weighted by Crippen LogP contribution is -2.31. The van der Waals surface area contributed by atoms with Gasteiger partial charge in [-0.3, -0.25) is 0 Å². The van der Waals surface area contributed by atoms with Gasteiger partial charge in [0.25, 0.3) is 0 Å². The van der Waals surface area contributed by atoms with Crippen LogP contribution < -0.4 is 4.90 Å². The average molecular weight is 221 g/mol. The molecular weight excluding hydrogens is 206 g/mol. The topological polar surface area (TPSA) is 66.3 Å². The zero-order valence-corrected chi connectivity index (χ0v) is 9.31. The third-order valence-electron chi connectivity index (χ3n) is 2.92. The largest absolute Gasteiger partial charge is 0.476 e. The van der Waals surface area contributed by atoms with E-state index in [4.69, 9.17) is 5.11 Å². The summed E-state index contributed by atoms with van der Waals surface area (Å²) in [6.45, 7) is 3.68. The second-order valence-electron chi connectivity index (χ2n) is 4.02. The second kappa shape index (κ2) is 4.47. The van der Waals surface area contributed by atoms with E-state index in [1.54, 1.807) is 6.92 Å². The molecule has 1 N–H and O–H groups in total. The number of carboxylic acid groups (broad SMARTS) is 1. The van der Waals surface area contributed by atoms with Crippen LogP contribution in [0.15, 0.2) is 6.33 Å². The Kier molecular flexibility index (Phi) is 3.03. The molecule has 0 radical (unpaired) electrons. The third-order valence-corrected chi connectivity index (χ3v) is 2.92. The van der Waals surface area contributed by atoms with Crippen LogP contribution in [-0.4, -0.2) is 34.1 Å². The van der Waals surface area contributed by atoms with Crippen LogP contribution in [0.4, 0.5) is 5.82 Å². The Labute approximate surface area is 94.1 Å². The summed E-state index contributed by atoms with van der Waals surface area (Å²) in [6.07, 6.45) is 4.87. The van der Waals surface area contributed by atoms with E-state index in [1.165, 1.54) is 12.7 Å².